The van der Waals surface area contributed by atoms with E-state index < -0.39 is 0 Å². The number of aromatic nitrogens is 1. The Balaban J connectivity index is 2.22. The van der Waals surface area contributed by atoms with Gasteiger partial charge in [-0.1, -0.05) is 22.0 Å². The number of nitrogens with two attached hydrogens (primary N) is 1. The molecule has 0 bridgehead atoms. The van der Waals surface area contributed by atoms with Gasteiger partial charge in [0.05, 0.1) is 6.20 Å². The monoisotopic (exact) mass is 306 g/mol. The van der Waals surface area contributed by atoms with Crippen LogP contribution in [0.2, 0.25) is 0 Å². The number of hydrogen-bond donors (Lipinski definition) is 1. The van der Waals surface area contributed by atoms with Gasteiger partial charge in [0.25, 0.3) is 0 Å². The van der Waals surface area contributed by atoms with E-state index in [2.05, 4.69) is 20.9 Å². The molecule has 0 aliphatic heterocycles. The molecule has 2 aromatic rings. The summed E-state index contributed by atoms with van der Waals surface area (Å²) in [7, 11) is 0. The van der Waals surface area contributed by atoms with Crippen LogP contribution in [0.15, 0.2) is 41.1 Å². The Morgan fingerprint density at radius 2 is 2.11 bits per heavy atom. The molecule has 0 saturated carbocycles. The summed E-state index contributed by atoms with van der Waals surface area (Å²) >= 11 is 3.44. The zero-order chi connectivity index (χ0) is 13.0. The predicted octanol–water partition coefficient (Wildman–Crippen LogP) is 3.45. The first-order valence-electron chi connectivity index (χ1n) is 5.77. The van der Waals surface area contributed by atoms with Gasteiger partial charge in [0.1, 0.15) is 11.5 Å². The molecule has 0 saturated heterocycles. The molecule has 2 rings (SSSR count). The van der Waals surface area contributed by atoms with Crippen molar-refractivity contribution >= 4 is 15.9 Å². The second-order valence-electron chi connectivity index (χ2n) is 4.08. The number of halogens is 1. The molecule has 0 atom stereocenters. The molecule has 0 fully saturated rings. The fraction of sp³-hybridized carbons (Fsp3) is 0.214. The highest BCUT2D eigenvalue weighted by atomic mass is 79.9. The molecule has 4 heteroatoms. The van der Waals surface area contributed by atoms with Crippen molar-refractivity contribution in [2.24, 2.45) is 5.73 Å². The molecule has 0 radical (unpaired) electrons. The molecule has 3 nitrogen and oxygen atoms in total. The van der Waals surface area contributed by atoms with Gasteiger partial charge in [-0.15, -0.1) is 0 Å². The highest BCUT2D eigenvalue weighted by molar-refractivity contribution is 9.10. The lowest BCUT2D eigenvalue weighted by Crippen LogP contribution is -2.03. The largest absolute Gasteiger partial charge is 0.455 e. The summed E-state index contributed by atoms with van der Waals surface area (Å²) in [5.41, 5.74) is 7.70. The summed E-state index contributed by atoms with van der Waals surface area (Å²) in [4.78, 5) is 4.16. The van der Waals surface area contributed by atoms with E-state index in [9.17, 15) is 0 Å². The first kappa shape index (κ1) is 13.1. The lowest BCUT2D eigenvalue weighted by Gasteiger charge is -2.09. The Hall–Kier alpha value is -1.39. The molecule has 0 aliphatic carbocycles. The second-order valence-corrected chi connectivity index (χ2v) is 5.00. The fourth-order valence-corrected chi connectivity index (χ4v) is 1.97. The molecule has 94 valence electrons. The van der Waals surface area contributed by atoms with Crippen molar-refractivity contribution in [3.05, 3.63) is 52.3 Å². The standard InChI is InChI=1S/C14H15BrN2O/c1-10-2-3-12(15)7-14(10)18-13-6-11(4-5-16)8-17-9-13/h2-3,6-9H,4-5,16H2,1H3. The number of ether oxygens (including phenoxy) is 1. The number of nitrogens with zero attached hydrogens (tertiary/aromatic N) is 1. The fourth-order valence-electron chi connectivity index (χ4n) is 1.63. The van der Waals surface area contributed by atoms with Crippen LogP contribution in [-0.4, -0.2) is 11.5 Å². The van der Waals surface area contributed by atoms with E-state index >= 15 is 0 Å². The molecule has 1 aromatic carbocycles. The molecule has 1 heterocycles. The molecule has 0 unspecified atom stereocenters. The van der Waals surface area contributed by atoms with Crippen molar-refractivity contribution in [3.63, 3.8) is 0 Å². The van der Waals surface area contributed by atoms with Crippen LogP contribution < -0.4 is 10.5 Å². The minimum absolute atomic E-state index is 0.612. The SMILES string of the molecule is Cc1ccc(Br)cc1Oc1cncc(CCN)c1. The van der Waals surface area contributed by atoms with E-state index in [0.29, 0.717) is 6.54 Å². The van der Waals surface area contributed by atoms with Crippen molar-refractivity contribution in [1.82, 2.24) is 4.98 Å². The van der Waals surface area contributed by atoms with Gasteiger partial charge < -0.3 is 10.5 Å². The van der Waals surface area contributed by atoms with Gasteiger partial charge >= 0.3 is 0 Å². The second kappa shape index (κ2) is 5.98. The quantitative estimate of drug-likeness (QED) is 0.941. The van der Waals surface area contributed by atoms with Crippen LogP contribution in [0.5, 0.6) is 11.5 Å². The van der Waals surface area contributed by atoms with Crippen LogP contribution in [0.1, 0.15) is 11.1 Å². The van der Waals surface area contributed by atoms with E-state index in [0.717, 1.165) is 33.5 Å². The maximum atomic E-state index is 5.84. The summed E-state index contributed by atoms with van der Waals surface area (Å²) in [6.07, 6.45) is 4.33. The third kappa shape index (κ3) is 3.31. The Bertz CT molecular complexity index is 543. The minimum atomic E-state index is 0.612. The van der Waals surface area contributed by atoms with Gasteiger partial charge in [-0.25, -0.2) is 0 Å². The summed E-state index contributed by atoms with van der Waals surface area (Å²) in [5, 5.41) is 0. The molecule has 0 spiro atoms. The number of aryl methyl sites for hydroxylation is 1. The molecule has 0 aliphatic rings. The molecule has 18 heavy (non-hydrogen) atoms. The van der Waals surface area contributed by atoms with Gasteiger partial charge in [-0.2, -0.15) is 0 Å². The van der Waals surface area contributed by atoms with Crippen LogP contribution in [0, 0.1) is 6.92 Å². The highest BCUT2D eigenvalue weighted by Crippen LogP contribution is 2.28. The normalized spacial score (nSPS) is 10.4. The summed E-state index contributed by atoms with van der Waals surface area (Å²) in [6, 6.07) is 7.92. The zero-order valence-electron chi connectivity index (χ0n) is 10.2. The Morgan fingerprint density at radius 3 is 2.89 bits per heavy atom. The van der Waals surface area contributed by atoms with Crippen LogP contribution in [-0.2, 0) is 6.42 Å². The molecular formula is C14H15BrN2O. The van der Waals surface area contributed by atoms with E-state index in [1.807, 2.05) is 37.4 Å². The maximum Gasteiger partial charge on any atom is 0.145 e. The number of benzene rings is 1. The topological polar surface area (TPSA) is 48.1 Å². The smallest absolute Gasteiger partial charge is 0.145 e. The van der Waals surface area contributed by atoms with E-state index in [1.54, 1.807) is 6.20 Å². The van der Waals surface area contributed by atoms with Crippen LogP contribution in [0.3, 0.4) is 0 Å². The number of hydrogen-bond acceptors (Lipinski definition) is 3. The van der Waals surface area contributed by atoms with Gasteiger partial charge in [-0.3, -0.25) is 4.98 Å². The van der Waals surface area contributed by atoms with Crippen molar-refractivity contribution in [1.29, 1.82) is 0 Å². The Labute approximate surface area is 115 Å². The van der Waals surface area contributed by atoms with E-state index in [1.165, 1.54) is 0 Å². The first-order valence-corrected chi connectivity index (χ1v) is 6.56. The van der Waals surface area contributed by atoms with Gasteiger partial charge in [0.15, 0.2) is 0 Å². The third-order valence-electron chi connectivity index (χ3n) is 2.58. The van der Waals surface area contributed by atoms with Crippen molar-refractivity contribution in [2.45, 2.75) is 13.3 Å². The van der Waals surface area contributed by atoms with Gasteiger partial charge in [0.2, 0.25) is 0 Å². The van der Waals surface area contributed by atoms with E-state index in [-0.39, 0.29) is 0 Å². The average molecular weight is 307 g/mol. The lowest BCUT2D eigenvalue weighted by molar-refractivity contribution is 0.475. The zero-order valence-corrected chi connectivity index (χ0v) is 11.8. The van der Waals surface area contributed by atoms with Crippen molar-refractivity contribution in [3.8, 4) is 11.5 Å². The Morgan fingerprint density at radius 1 is 1.28 bits per heavy atom. The number of pyridine rings is 1. The summed E-state index contributed by atoms with van der Waals surface area (Å²) < 4.78 is 6.84. The average Bonchev–Trinajstić information content (AvgIpc) is 2.35. The highest BCUT2D eigenvalue weighted by Gasteiger charge is 2.03. The Kier molecular flexibility index (Phi) is 4.33. The molecular weight excluding hydrogens is 292 g/mol. The van der Waals surface area contributed by atoms with Crippen molar-refractivity contribution < 1.29 is 4.74 Å². The van der Waals surface area contributed by atoms with E-state index in [4.69, 9.17) is 10.5 Å². The predicted molar refractivity (Wildman–Crippen MR) is 75.9 cm³/mol. The van der Waals surface area contributed by atoms with Gasteiger partial charge in [0, 0.05) is 10.7 Å². The molecule has 2 N–H and O–H groups in total. The lowest BCUT2D eigenvalue weighted by atomic mass is 10.2. The minimum Gasteiger partial charge on any atom is -0.455 e. The van der Waals surface area contributed by atoms with Gasteiger partial charge in [-0.05, 0) is 49.2 Å². The molecule has 0 amide bonds. The summed E-state index contributed by atoms with van der Waals surface area (Å²) in [6.45, 7) is 2.62. The maximum absolute atomic E-state index is 5.84. The van der Waals surface area contributed by atoms with Crippen LogP contribution >= 0.6 is 15.9 Å². The van der Waals surface area contributed by atoms with Crippen LogP contribution in [0.25, 0.3) is 0 Å². The third-order valence-corrected chi connectivity index (χ3v) is 3.07. The number of rotatable bonds is 4. The van der Waals surface area contributed by atoms with Crippen molar-refractivity contribution in [2.75, 3.05) is 6.54 Å². The molecule has 1 aromatic heterocycles. The van der Waals surface area contributed by atoms with Crippen LogP contribution in [0.4, 0.5) is 0 Å². The first-order chi connectivity index (χ1) is 8.69. The summed E-state index contributed by atoms with van der Waals surface area (Å²) in [5.74, 6) is 1.57.